The molecule has 0 atom stereocenters. The van der Waals surface area contributed by atoms with Crippen molar-refractivity contribution in [1.82, 2.24) is 10.2 Å². The van der Waals surface area contributed by atoms with Crippen LogP contribution in [0.25, 0.3) is 0 Å². The third-order valence-corrected chi connectivity index (χ3v) is 4.06. The fraction of sp³-hybridized carbons (Fsp3) is 0.600. The molecule has 0 saturated heterocycles. The number of nitrogens with one attached hydrogen (secondary N) is 1. The summed E-state index contributed by atoms with van der Waals surface area (Å²) in [5, 5.41) is 3.52. The molecule has 1 aliphatic rings. The maximum absolute atomic E-state index is 3.52. The van der Waals surface area contributed by atoms with Gasteiger partial charge in [0, 0.05) is 18.6 Å². The van der Waals surface area contributed by atoms with Gasteiger partial charge in [-0.3, -0.25) is 4.90 Å². The Morgan fingerprint density at radius 1 is 1.24 bits per heavy atom. The number of likely N-dealkylation sites (N-methyl/N-ethyl adjacent to an activating group) is 2. The van der Waals surface area contributed by atoms with Gasteiger partial charge in [0.15, 0.2) is 0 Å². The van der Waals surface area contributed by atoms with Crippen molar-refractivity contribution in [2.75, 3.05) is 20.1 Å². The van der Waals surface area contributed by atoms with E-state index in [1.54, 1.807) is 0 Å². The van der Waals surface area contributed by atoms with Crippen LogP contribution in [0.2, 0.25) is 0 Å². The SMILES string of the molecule is CCN(Cc1ccccc1)CC1(NC)CCC1. The largest absolute Gasteiger partial charge is 0.313 e. The Bertz CT molecular complexity index is 325. The van der Waals surface area contributed by atoms with Gasteiger partial charge in [-0.1, -0.05) is 37.3 Å². The van der Waals surface area contributed by atoms with Crippen molar-refractivity contribution >= 4 is 0 Å². The summed E-state index contributed by atoms with van der Waals surface area (Å²) in [5.41, 5.74) is 1.81. The van der Waals surface area contributed by atoms with E-state index in [1.807, 2.05) is 0 Å². The van der Waals surface area contributed by atoms with Crippen molar-refractivity contribution in [3.63, 3.8) is 0 Å². The Morgan fingerprint density at radius 3 is 2.41 bits per heavy atom. The average Bonchev–Trinajstić information content (AvgIpc) is 2.33. The Hall–Kier alpha value is -0.860. The standard InChI is InChI=1S/C15H24N2/c1-3-17(12-14-8-5-4-6-9-14)13-15(16-2)10-7-11-15/h4-6,8-9,16H,3,7,10-13H2,1-2H3. The van der Waals surface area contributed by atoms with Gasteiger partial charge in [0.25, 0.3) is 0 Å². The van der Waals surface area contributed by atoms with Crippen molar-refractivity contribution in [2.24, 2.45) is 0 Å². The van der Waals surface area contributed by atoms with Crippen molar-refractivity contribution in [3.05, 3.63) is 35.9 Å². The second-order valence-electron chi connectivity index (χ2n) is 5.17. The minimum absolute atomic E-state index is 0.394. The molecule has 0 radical (unpaired) electrons. The molecule has 0 bridgehead atoms. The van der Waals surface area contributed by atoms with Crippen LogP contribution in [0.15, 0.2) is 30.3 Å². The molecular weight excluding hydrogens is 208 g/mol. The quantitative estimate of drug-likeness (QED) is 0.811. The van der Waals surface area contributed by atoms with E-state index in [2.05, 4.69) is 54.5 Å². The molecular formula is C15H24N2. The predicted molar refractivity (Wildman–Crippen MR) is 73.0 cm³/mol. The van der Waals surface area contributed by atoms with Crippen LogP contribution in [0.4, 0.5) is 0 Å². The Kier molecular flexibility index (Phi) is 4.19. The third kappa shape index (κ3) is 3.08. The van der Waals surface area contributed by atoms with Crippen LogP contribution in [0.1, 0.15) is 31.7 Å². The maximum Gasteiger partial charge on any atom is 0.0306 e. The molecule has 0 spiro atoms. The molecule has 0 heterocycles. The van der Waals surface area contributed by atoms with E-state index in [9.17, 15) is 0 Å². The van der Waals surface area contributed by atoms with Crippen LogP contribution in [0, 0.1) is 0 Å². The Balaban J connectivity index is 1.93. The van der Waals surface area contributed by atoms with Gasteiger partial charge >= 0.3 is 0 Å². The molecule has 1 fully saturated rings. The summed E-state index contributed by atoms with van der Waals surface area (Å²) in [6.45, 7) is 5.62. The summed E-state index contributed by atoms with van der Waals surface area (Å²) in [6.07, 6.45) is 4.04. The lowest BCUT2D eigenvalue weighted by atomic mass is 9.76. The number of benzene rings is 1. The molecule has 2 heteroatoms. The zero-order valence-electron chi connectivity index (χ0n) is 11.1. The number of rotatable bonds is 6. The Labute approximate surface area is 105 Å². The minimum atomic E-state index is 0.394. The second kappa shape index (κ2) is 5.65. The highest BCUT2D eigenvalue weighted by atomic mass is 15.2. The molecule has 1 saturated carbocycles. The normalized spacial score (nSPS) is 18.1. The van der Waals surface area contributed by atoms with E-state index in [4.69, 9.17) is 0 Å². The van der Waals surface area contributed by atoms with Crippen LogP contribution in [-0.2, 0) is 6.54 Å². The summed E-state index contributed by atoms with van der Waals surface area (Å²) >= 11 is 0. The van der Waals surface area contributed by atoms with Gasteiger partial charge in [-0.05, 0) is 38.4 Å². The number of hydrogen-bond acceptors (Lipinski definition) is 2. The van der Waals surface area contributed by atoms with Crippen molar-refractivity contribution in [2.45, 2.75) is 38.3 Å². The first kappa shape index (κ1) is 12.6. The summed E-state index contributed by atoms with van der Waals surface area (Å²) in [5.74, 6) is 0. The molecule has 1 aromatic rings. The van der Waals surface area contributed by atoms with E-state index >= 15 is 0 Å². The lowest BCUT2D eigenvalue weighted by Crippen LogP contribution is -2.56. The fourth-order valence-electron chi connectivity index (χ4n) is 2.64. The van der Waals surface area contributed by atoms with Gasteiger partial charge in [-0.15, -0.1) is 0 Å². The second-order valence-corrected chi connectivity index (χ2v) is 5.17. The number of nitrogens with zero attached hydrogens (tertiary/aromatic N) is 1. The molecule has 0 amide bonds. The molecule has 1 N–H and O–H groups in total. The van der Waals surface area contributed by atoms with E-state index in [0.29, 0.717) is 5.54 Å². The van der Waals surface area contributed by atoms with Crippen LogP contribution in [-0.4, -0.2) is 30.6 Å². The van der Waals surface area contributed by atoms with Crippen LogP contribution in [0.5, 0.6) is 0 Å². The molecule has 2 rings (SSSR count). The molecule has 17 heavy (non-hydrogen) atoms. The first-order valence-corrected chi connectivity index (χ1v) is 6.73. The molecule has 1 aliphatic carbocycles. The predicted octanol–water partition coefficient (Wildman–Crippen LogP) is 2.65. The lowest BCUT2D eigenvalue weighted by molar-refractivity contribution is 0.115. The molecule has 0 unspecified atom stereocenters. The lowest BCUT2D eigenvalue weighted by Gasteiger charge is -2.45. The summed E-state index contributed by atoms with van der Waals surface area (Å²) in [6, 6.07) is 10.8. The van der Waals surface area contributed by atoms with Crippen molar-refractivity contribution < 1.29 is 0 Å². The van der Waals surface area contributed by atoms with Crippen LogP contribution < -0.4 is 5.32 Å². The van der Waals surface area contributed by atoms with Gasteiger partial charge in [0.2, 0.25) is 0 Å². The molecule has 0 aliphatic heterocycles. The van der Waals surface area contributed by atoms with Crippen molar-refractivity contribution in [1.29, 1.82) is 0 Å². The van der Waals surface area contributed by atoms with E-state index in [1.165, 1.54) is 31.4 Å². The van der Waals surface area contributed by atoms with E-state index in [-0.39, 0.29) is 0 Å². The monoisotopic (exact) mass is 232 g/mol. The van der Waals surface area contributed by atoms with Crippen LogP contribution >= 0.6 is 0 Å². The molecule has 1 aromatic carbocycles. The maximum atomic E-state index is 3.52. The average molecular weight is 232 g/mol. The van der Waals surface area contributed by atoms with E-state index in [0.717, 1.165) is 13.1 Å². The van der Waals surface area contributed by atoms with Gasteiger partial charge in [0.1, 0.15) is 0 Å². The highest BCUT2D eigenvalue weighted by Crippen LogP contribution is 2.32. The zero-order valence-corrected chi connectivity index (χ0v) is 11.1. The topological polar surface area (TPSA) is 15.3 Å². The van der Waals surface area contributed by atoms with Gasteiger partial charge in [-0.25, -0.2) is 0 Å². The molecule has 94 valence electrons. The minimum Gasteiger partial charge on any atom is -0.313 e. The van der Waals surface area contributed by atoms with Crippen molar-refractivity contribution in [3.8, 4) is 0 Å². The number of hydrogen-bond donors (Lipinski definition) is 1. The van der Waals surface area contributed by atoms with Gasteiger partial charge in [0.05, 0.1) is 0 Å². The Morgan fingerprint density at radius 2 is 1.94 bits per heavy atom. The smallest absolute Gasteiger partial charge is 0.0306 e. The first-order valence-electron chi connectivity index (χ1n) is 6.73. The molecule has 0 aromatic heterocycles. The summed E-state index contributed by atoms with van der Waals surface area (Å²) < 4.78 is 0. The zero-order chi connectivity index (χ0) is 12.1. The highest BCUT2D eigenvalue weighted by Gasteiger charge is 2.36. The molecule has 2 nitrogen and oxygen atoms in total. The summed E-state index contributed by atoms with van der Waals surface area (Å²) in [7, 11) is 2.11. The third-order valence-electron chi connectivity index (χ3n) is 4.06. The fourth-order valence-corrected chi connectivity index (χ4v) is 2.64. The van der Waals surface area contributed by atoms with E-state index < -0.39 is 0 Å². The van der Waals surface area contributed by atoms with Gasteiger partial charge in [-0.2, -0.15) is 0 Å². The summed E-state index contributed by atoms with van der Waals surface area (Å²) in [4.78, 5) is 2.55. The van der Waals surface area contributed by atoms with Crippen LogP contribution in [0.3, 0.4) is 0 Å². The van der Waals surface area contributed by atoms with Gasteiger partial charge < -0.3 is 5.32 Å². The highest BCUT2D eigenvalue weighted by molar-refractivity contribution is 5.14. The first-order chi connectivity index (χ1) is 8.28.